The third-order valence-corrected chi connectivity index (χ3v) is 6.39. The van der Waals surface area contributed by atoms with Gasteiger partial charge in [0.15, 0.2) is 6.54 Å². The minimum atomic E-state index is 0.248. The van der Waals surface area contributed by atoms with E-state index in [9.17, 15) is 4.79 Å². The van der Waals surface area contributed by atoms with Crippen molar-refractivity contribution < 1.29 is 14.4 Å². The highest BCUT2D eigenvalue weighted by Crippen LogP contribution is 2.44. The van der Waals surface area contributed by atoms with Crippen LogP contribution in [0.25, 0.3) is 0 Å². The molecule has 1 amide bonds. The molecule has 1 aliphatic heterocycles. The van der Waals surface area contributed by atoms with Gasteiger partial charge in [0.2, 0.25) is 0 Å². The third-order valence-electron chi connectivity index (χ3n) is 6.39. The van der Waals surface area contributed by atoms with Gasteiger partial charge in [-0.05, 0) is 43.2 Å². The van der Waals surface area contributed by atoms with Crippen molar-refractivity contribution in [1.29, 1.82) is 0 Å². The lowest BCUT2D eigenvalue weighted by molar-refractivity contribution is -0.892. The van der Waals surface area contributed by atoms with Gasteiger partial charge >= 0.3 is 0 Å². The van der Waals surface area contributed by atoms with E-state index in [0.29, 0.717) is 12.6 Å². The summed E-state index contributed by atoms with van der Waals surface area (Å²) in [7, 11) is 1.72. The Labute approximate surface area is 150 Å². The van der Waals surface area contributed by atoms with Crippen molar-refractivity contribution in [3.05, 3.63) is 24.3 Å². The monoisotopic (exact) mass is 344 g/mol. The molecule has 3 aliphatic rings. The first-order valence-electron chi connectivity index (χ1n) is 9.74. The van der Waals surface area contributed by atoms with E-state index in [4.69, 9.17) is 4.74 Å². The van der Waals surface area contributed by atoms with Gasteiger partial charge in [-0.25, -0.2) is 0 Å². The van der Waals surface area contributed by atoms with Crippen LogP contribution in [0.4, 0.5) is 5.69 Å². The van der Waals surface area contributed by atoms with Crippen LogP contribution < -0.4 is 19.9 Å². The van der Waals surface area contributed by atoms with E-state index in [1.807, 2.05) is 12.1 Å². The molecule has 4 rings (SSSR count). The van der Waals surface area contributed by atoms with Gasteiger partial charge in [-0.3, -0.25) is 4.79 Å². The number of fused-ring (bicyclic) bond motifs is 2. The molecule has 2 saturated carbocycles. The molecule has 3 atom stereocenters. The number of hydrogen-bond donors (Lipinski definition) is 2. The van der Waals surface area contributed by atoms with E-state index >= 15 is 0 Å². The van der Waals surface area contributed by atoms with E-state index in [0.717, 1.165) is 49.5 Å². The summed E-state index contributed by atoms with van der Waals surface area (Å²) in [6.07, 6.45) is 5.26. The Hall–Kier alpha value is -1.75. The second kappa shape index (κ2) is 7.24. The van der Waals surface area contributed by atoms with Crippen molar-refractivity contribution in [1.82, 2.24) is 5.32 Å². The van der Waals surface area contributed by atoms with Crippen LogP contribution in [-0.2, 0) is 4.79 Å². The van der Waals surface area contributed by atoms with Crippen molar-refractivity contribution in [2.75, 3.05) is 44.7 Å². The van der Waals surface area contributed by atoms with Crippen LogP contribution in [0.2, 0.25) is 0 Å². The third kappa shape index (κ3) is 3.61. The van der Waals surface area contributed by atoms with Gasteiger partial charge in [-0.15, -0.1) is 0 Å². The van der Waals surface area contributed by atoms with Crippen molar-refractivity contribution in [3.8, 4) is 5.75 Å². The summed E-state index contributed by atoms with van der Waals surface area (Å²) >= 11 is 0. The average Bonchev–Trinajstić information content (AvgIpc) is 3.25. The van der Waals surface area contributed by atoms with Crippen molar-refractivity contribution in [2.24, 2.45) is 11.8 Å². The van der Waals surface area contributed by atoms with Crippen LogP contribution in [0.15, 0.2) is 24.3 Å². The van der Waals surface area contributed by atoms with Gasteiger partial charge in [0.1, 0.15) is 5.75 Å². The molecular formula is C20H30N3O2+. The summed E-state index contributed by atoms with van der Waals surface area (Å²) in [5.74, 6) is 2.82. The quantitative estimate of drug-likeness (QED) is 0.827. The zero-order valence-electron chi connectivity index (χ0n) is 15.2. The fraction of sp³-hybridized carbons (Fsp3) is 0.650. The zero-order chi connectivity index (χ0) is 17.2. The Morgan fingerprint density at radius 1 is 1.24 bits per heavy atom. The van der Waals surface area contributed by atoms with Crippen LogP contribution in [0, 0.1) is 11.8 Å². The molecule has 1 heterocycles. The first kappa shape index (κ1) is 16.7. The first-order chi connectivity index (χ1) is 12.2. The molecule has 1 aromatic rings. The predicted octanol–water partition coefficient (Wildman–Crippen LogP) is 0.705. The number of carbonyl (C=O) groups is 1. The number of nitrogens with zero attached hydrogens (tertiary/aromatic N) is 1. The Bertz CT molecular complexity index is 613. The average molecular weight is 344 g/mol. The second-order valence-corrected chi connectivity index (χ2v) is 7.93. The molecule has 2 aliphatic carbocycles. The highest BCUT2D eigenvalue weighted by Gasteiger charge is 2.40. The number of nitrogens with one attached hydrogen (secondary N) is 2. The Balaban J connectivity index is 1.25. The van der Waals surface area contributed by atoms with E-state index in [2.05, 4.69) is 22.3 Å². The number of para-hydroxylation sites is 2. The van der Waals surface area contributed by atoms with Crippen LogP contribution in [-0.4, -0.2) is 51.8 Å². The number of amides is 1. The molecule has 1 saturated heterocycles. The SMILES string of the molecule is COc1ccccc1N1CC[NH+](CC(=O)N[C@H]2C[C@@H]3CC[C@@H]2C3)CC1. The fourth-order valence-corrected chi connectivity index (χ4v) is 5.04. The maximum Gasteiger partial charge on any atom is 0.275 e. The fourth-order valence-electron chi connectivity index (χ4n) is 5.04. The molecule has 5 heteroatoms. The van der Waals surface area contributed by atoms with Crippen molar-refractivity contribution in [3.63, 3.8) is 0 Å². The van der Waals surface area contributed by atoms with Crippen molar-refractivity contribution >= 4 is 11.6 Å². The number of carbonyl (C=O) groups excluding carboxylic acids is 1. The molecule has 25 heavy (non-hydrogen) atoms. The van der Waals surface area contributed by atoms with E-state index in [-0.39, 0.29) is 5.91 Å². The second-order valence-electron chi connectivity index (χ2n) is 7.93. The Morgan fingerprint density at radius 2 is 2.04 bits per heavy atom. The van der Waals surface area contributed by atoms with E-state index in [1.54, 1.807) is 7.11 Å². The van der Waals surface area contributed by atoms with E-state index < -0.39 is 0 Å². The van der Waals surface area contributed by atoms with Gasteiger partial charge in [0, 0.05) is 6.04 Å². The predicted molar refractivity (Wildman–Crippen MR) is 98.1 cm³/mol. The summed E-state index contributed by atoms with van der Waals surface area (Å²) in [6.45, 7) is 4.56. The summed E-state index contributed by atoms with van der Waals surface area (Å²) < 4.78 is 5.48. The standard InChI is InChI=1S/C20H29N3O2/c1-25-19-5-3-2-4-18(19)23-10-8-22(9-11-23)14-20(24)21-17-13-15-6-7-16(17)12-15/h2-5,15-17H,6-14H2,1H3,(H,21,24)/p+1/t15-,16-,17+/m1/s1. The smallest absolute Gasteiger partial charge is 0.275 e. The highest BCUT2D eigenvalue weighted by atomic mass is 16.5. The molecule has 1 aromatic carbocycles. The van der Waals surface area contributed by atoms with Gasteiger partial charge in [-0.1, -0.05) is 18.6 Å². The molecule has 2 bridgehead atoms. The largest absolute Gasteiger partial charge is 0.495 e. The maximum atomic E-state index is 12.4. The molecule has 2 N–H and O–H groups in total. The van der Waals surface area contributed by atoms with Crippen LogP contribution in [0.5, 0.6) is 5.75 Å². The maximum absolute atomic E-state index is 12.4. The van der Waals surface area contributed by atoms with Gasteiger partial charge in [-0.2, -0.15) is 0 Å². The molecule has 0 aromatic heterocycles. The molecule has 0 unspecified atom stereocenters. The van der Waals surface area contributed by atoms with E-state index in [1.165, 1.54) is 30.6 Å². The number of methoxy groups -OCH3 is 1. The lowest BCUT2D eigenvalue weighted by atomic mass is 9.95. The number of anilines is 1. The number of rotatable bonds is 5. The summed E-state index contributed by atoms with van der Waals surface area (Å²) in [5.41, 5.74) is 1.16. The Kier molecular flexibility index (Phi) is 4.84. The minimum Gasteiger partial charge on any atom is -0.495 e. The topological polar surface area (TPSA) is 46.0 Å². The normalized spacial score (nSPS) is 29.0. The molecule has 3 fully saturated rings. The Morgan fingerprint density at radius 3 is 2.72 bits per heavy atom. The molecule has 0 spiro atoms. The van der Waals surface area contributed by atoms with Crippen molar-refractivity contribution in [2.45, 2.75) is 31.7 Å². The zero-order valence-corrected chi connectivity index (χ0v) is 15.2. The van der Waals surface area contributed by atoms with Crippen LogP contribution >= 0.6 is 0 Å². The number of quaternary nitrogens is 1. The highest BCUT2D eigenvalue weighted by molar-refractivity contribution is 5.77. The summed E-state index contributed by atoms with van der Waals surface area (Å²) in [4.78, 5) is 16.2. The molecule has 0 radical (unpaired) electrons. The summed E-state index contributed by atoms with van der Waals surface area (Å²) in [5, 5.41) is 3.33. The van der Waals surface area contributed by atoms with Gasteiger partial charge < -0.3 is 19.9 Å². The lowest BCUT2D eigenvalue weighted by Crippen LogP contribution is -3.16. The minimum absolute atomic E-state index is 0.248. The van der Waals surface area contributed by atoms with Gasteiger partial charge in [0.25, 0.3) is 5.91 Å². The molecule has 5 nitrogen and oxygen atoms in total. The summed E-state index contributed by atoms with van der Waals surface area (Å²) in [6, 6.07) is 8.65. The van der Waals surface area contributed by atoms with Crippen LogP contribution in [0.1, 0.15) is 25.7 Å². The first-order valence-corrected chi connectivity index (χ1v) is 9.74. The van der Waals surface area contributed by atoms with Crippen LogP contribution in [0.3, 0.4) is 0 Å². The molecular weight excluding hydrogens is 314 g/mol. The number of ether oxygens (including phenoxy) is 1. The lowest BCUT2D eigenvalue weighted by Gasteiger charge is -2.34. The van der Waals surface area contributed by atoms with Gasteiger partial charge in [0.05, 0.1) is 39.0 Å². The molecule has 136 valence electrons. The number of benzene rings is 1. The number of hydrogen-bond acceptors (Lipinski definition) is 3. The number of piperazine rings is 1.